The van der Waals surface area contributed by atoms with Crippen LogP contribution in [0, 0.1) is 23.3 Å². The van der Waals surface area contributed by atoms with E-state index in [4.69, 9.17) is 0 Å². The first-order chi connectivity index (χ1) is 15.0. The summed E-state index contributed by atoms with van der Waals surface area (Å²) in [5.74, 6) is -2.84. The van der Waals surface area contributed by atoms with E-state index >= 15 is 0 Å². The van der Waals surface area contributed by atoms with Gasteiger partial charge in [0.1, 0.15) is 11.6 Å². The summed E-state index contributed by atoms with van der Waals surface area (Å²) in [6.45, 7) is 2.14. The fraction of sp³-hybridized carbons (Fsp3) is 0.333. The van der Waals surface area contributed by atoms with Gasteiger partial charge in [-0.25, -0.2) is 17.6 Å². The minimum Gasteiger partial charge on any atom is -0.207 e. The monoisotopic (exact) mass is 426 g/mol. The zero-order chi connectivity index (χ0) is 22.0. The number of hydrogen-bond acceptors (Lipinski definition) is 0. The predicted molar refractivity (Wildman–Crippen MR) is 116 cm³/mol. The molecule has 0 saturated heterocycles. The van der Waals surface area contributed by atoms with Crippen LogP contribution < -0.4 is 0 Å². The first-order valence-electron chi connectivity index (χ1n) is 11.0. The van der Waals surface area contributed by atoms with Crippen LogP contribution in [-0.2, 0) is 19.3 Å². The second-order valence-corrected chi connectivity index (χ2v) is 8.45. The number of aryl methyl sites for hydroxylation is 2. The highest BCUT2D eigenvalue weighted by Crippen LogP contribution is 2.37. The van der Waals surface area contributed by atoms with Crippen molar-refractivity contribution in [3.63, 3.8) is 0 Å². The molecule has 0 N–H and O–H groups in total. The van der Waals surface area contributed by atoms with Gasteiger partial charge in [-0.05, 0) is 84.5 Å². The Bertz CT molecular complexity index is 1090. The van der Waals surface area contributed by atoms with E-state index in [9.17, 15) is 17.6 Å². The molecule has 0 saturated carbocycles. The quantitative estimate of drug-likeness (QED) is 0.277. The molecule has 1 aliphatic carbocycles. The fourth-order valence-corrected chi connectivity index (χ4v) is 4.60. The second kappa shape index (κ2) is 9.25. The second-order valence-electron chi connectivity index (χ2n) is 8.45. The lowest BCUT2D eigenvalue weighted by molar-refractivity contribution is 0.509. The Morgan fingerprint density at radius 2 is 1.65 bits per heavy atom. The number of fused-ring (bicyclic) bond motifs is 1. The maximum Gasteiger partial charge on any atom is 0.166 e. The van der Waals surface area contributed by atoms with Crippen molar-refractivity contribution in [3.05, 3.63) is 94.1 Å². The third-order valence-electron chi connectivity index (χ3n) is 6.33. The van der Waals surface area contributed by atoms with Crippen molar-refractivity contribution in [1.82, 2.24) is 0 Å². The molecule has 0 bridgehead atoms. The van der Waals surface area contributed by atoms with Crippen LogP contribution in [0.2, 0.25) is 0 Å². The first kappa shape index (κ1) is 21.6. The minimum atomic E-state index is -1.05. The molecule has 0 aliphatic heterocycles. The number of benzene rings is 3. The number of halogens is 4. The van der Waals surface area contributed by atoms with Crippen LogP contribution in [0.5, 0.6) is 0 Å². The molecule has 4 heteroatoms. The van der Waals surface area contributed by atoms with Gasteiger partial charge in [0, 0.05) is 11.1 Å². The number of hydrogen-bond donors (Lipinski definition) is 0. The molecule has 3 aromatic carbocycles. The predicted octanol–water partition coefficient (Wildman–Crippen LogP) is 7.92. The standard InChI is InChI=1S/C27H26F4/c1-2-3-4-6-17-9-12-21(25(29)13-17)19-11-10-18-15-23(26(30)16-20(18)14-19)22-7-5-8-24(28)27(22)31/h5,7-9,12-13,15-16,19H,2-4,6,10-11,14H2,1H3. The molecule has 0 spiro atoms. The van der Waals surface area contributed by atoms with Crippen molar-refractivity contribution >= 4 is 0 Å². The number of rotatable bonds is 6. The third-order valence-corrected chi connectivity index (χ3v) is 6.33. The Hall–Kier alpha value is -2.62. The molecule has 1 aliphatic rings. The van der Waals surface area contributed by atoms with Crippen LogP contribution >= 0.6 is 0 Å². The van der Waals surface area contributed by atoms with Gasteiger partial charge >= 0.3 is 0 Å². The minimum absolute atomic E-state index is 0.0200. The van der Waals surface area contributed by atoms with Crippen molar-refractivity contribution in [1.29, 1.82) is 0 Å². The molecular formula is C27H26F4. The average Bonchev–Trinajstić information content (AvgIpc) is 2.75. The van der Waals surface area contributed by atoms with Gasteiger partial charge in [-0.3, -0.25) is 0 Å². The molecule has 31 heavy (non-hydrogen) atoms. The smallest absolute Gasteiger partial charge is 0.166 e. The molecular weight excluding hydrogens is 400 g/mol. The normalized spacial score (nSPS) is 15.7. The molecule has 0 fully saturated rings. The van der Waals surface area contributed by atoms with Crippen molar-refractivity contribution in [2.45, 2.75) is 57.8 Å². The summed E-state index contributed by atoms with van der Waals surface area (Å²) < 4.78 is 57.4. The van der Waals surface area contributed by atoms with Gasteiger partial charge < -0.3 is 0 Å². The molecule has 162 valence electrons. The van der Waals surface area contributed by atoms with E-state index in [2.05, 4.69) is 6.92 Å². The SMILES string of the molecule is CCCCCc1ccc(C2CCc3cc(-c4cccc(F)c4F)c(F)cc3C2)c(F)c1. The summed E-state index contributed by atoms with van der Waals surface area (Å²) in [7, 11) is 0. The van der Waals surface area contributed by atoms with Crippen LogP contribution in [0.25, 0.3) is 11.1 Å². The molecule has 3 aromatic rings. The maximum atomic E-state index is 14.8. The van der Waals surface area contributed by atoms with E-state index in [0.717, 1.165) is 54.9 Å². The van der Waals surface area contributed by atoms with Gasteiger partial charge in [-0.1, -0.05) is 44.0 Å². The van der Waals surface area contributed by atoms with Crippen LogP contribution in [-0.4, -0.2) is 0 Å². The fourth-order valence-electron chi connectivity index (χ4n) is 4.60. The average molecular weight is 426 g/mol. The molecule has 1 unspecified atom stereocenters. The van der Waals surface area contributed by atoms with Gasteiger partial charge in [0.05, 0.1) is 0 Å². The van der Waals surface area contributed by atoms with Crippen molar-refractivity contribution in [2.24, 2.45) is 0 Å². The lowest BCUT2D eigenvalue weighted by Crippen LogP contribution is -2.15. The molecule has 0 aromatic heterocycles. The summed E-state index contributed by atoms with van der Waals surface area (Å²) in [6, 6.07) is 12.3. The Balaban J connectivity index is 1.57. The van der Waals surface area contributed by atoms with Gasteiger partial charge in [0.2, 0.25) is 0 Å². The Morgan fingerprint density at radius 3 is 2.42 bits per heavy atom. The Kier molecular flexibility index (Phi) is 6.45. The van der Waals surface area contributed by atoms with Gasteiger partial charge in [0.25, 0.3) is 0 Å². The van der Waals surface area contributed by atoms with Gasteiger partial charge in [0.15, 0.2) is 11.6 Å². The van der Waals surface area contributed by atoms with E-state index in [1.54, 1.807) is 12.1 Å². The van der Waals surface area contributed by atoms with Gasteiger partial charge in [-0.2, -0.15) is 0 Å². The highest BCUT2D eigenvalue weighted by atomic mass is 19.2. The van der Waals surface area contributed by atoms with Crippen LogP contribution in [0.4, 0.5) is 17.6 Å². The van der Waals surface area contributed by atoms with Crippen molar-refractivity contribution < 1.29 is 17.6 Å². The third kappa shape index (κ3) is 4.53. The Morgan fingerprint density at radius 1 is 0.806 bits per heavy atom. The van der Waals surface area contributed by atoms with Crippen molar-refractivity contribution in [3.8, 4) is 11.1 Å². The topological polar surface area (TPSA) is 0 Å². The van der Waals surface area contributed by atoms with E-state index < -0.39 is 17.5 Å². The largest absolute Gasteiger partial charge is 0.207 e. The number of unbranched alkanes of at least 4 members (excludes halogenated alkanes) is 2. The molecule has 0 heterocycles. The van der Waals surface area contributed by atoms with Gasteiger partial charge in [-0.15, -0.1) is 0 Å². The molecule has 4 rings (SSSR count). The summed E-state index contributed by atoms with van der Waals surface area (Å²) in [4.78, 5) is 0. The van der Waals surface area contributed by atoms with Crippen LogP contribution in [0.3, 0.4) is 0 Å². The lowest BCUT2D eigenvalue weighted by atomic mass is 9.79. The van der Waals surface area contributed by atoms with E-state index in [1.165, 1.54) is 18.2 Å². The maximum absolute atomic E-state index is 14.8. The Labute approximate surface area is 180 Å². The lowest BCUT2D eigenvalue weighted by Gasteiger charge is -2.26. The van der Waals surface area contributed by atoms with Crippen LogP contribution in [0.1, 0.15) is 60.8 Å². The summed E-state index contributed by atoms with van der Waals surface area (Å²) in [6.07, 6.45) is 6.10. The highest BCUT2D eigenvalue weighted by molar-refractivity contribution is 5.67. The summed E-state index contributed by atoms with van der Waals surface area (Å²) in [5.41, 5.74) is 3.39. The van der Waals surface area contributed by atoms with Crippen LogP contribution in [0.15, 0.2) is 48.5 Å². The van der Waals surface area contributed by atoms with E-state index in [1.807, 2.05) is 12.1 Å². The molecule has 1 atom stereocenters. The zero-order valence-electron chi connectivity index (χ0n) is 17.7. The molecule has 0 amide bonds. The molecule has 0 nitrogen and oxygen atoms in total. The summed E-state index contributed by atoms with van der Waals surface area (Å²) in [5, 5.41) is 0. The zero-order valence-corrected chi connectivity index (χ0v) is 17.7. The van der Waals surface area contributed by atoms with E-state index in [-0.39, 0.29) is 22.9 Å². The van der Waals surface area contributed by atoms with Crippen molar-refractivity contribution in [2.75, 3.05) is 0 Å². The van der Waals surface area contributed by atoms with E-state index in [0.29, 0.717) is 18.4 Å². The summed E-state index contributed by atoms with van der Waals surface area (Å²) >= 11 is 0. The highest BCUT2D eigenvalue weighted by Gasteiger charge is 2.25. The first-order valence-corrected chi connectivity index (χ1v) is 11.0. The molecule has 0 radical (unpaired) electrons.